The second-order valence-electron chi connectivity index (χ2n) is 5.91. The SMILES string of the molecule is CCC(C)Nc1nccc(C(=O)NCCc2ccc(S(N)(=O)=O)cc2)n1. The molecule has 9 heteroatoms. The largest absolute Gasteiger partial charge is 0.352 e. The highest BCUT2D eigenvalue weighted by Gasteiger charge is 2.10. The van der Waals surface area contributed by atoms with Gasteiger partial charge in [0.25, 0.3) is 5.91 Å². The molecule has 1 unspecified atom stereocenters. The summed E-state index contributed by atoms with van der Waals surface area (Å²) in [5.41, 5.74) is 1.18. The van der Waals surface area contributed by atoms with Crippen molar-refractivity contribution in [2.75, 3.05) is 11.9 Å². The monoisotopic (exact) mass is 377 g/mol. The zero-order chi connectivity index (χ0) is 19.2. The fraction of sp³-hybridized carbons (Fsp3) is 0.353. The van der Waals surface area contributed by atoms with Gasteiger partial charge >= 0.3 is 0 Å². The summed E-state index contributed by atoms with van der Waals surface area (Å²) in [4.78, 5) is 20.6. The Bertz CT molecular complexity index is 853. The lowest BCUT2D eigenvalue weighted by molar-refractivity contribution is 0.0949. The number of carbonyl (C=O) groups excluding carboxylic acids is 1. The number of primary sulfonamides is 1. The number of anilines is 1. The van der Waals surface area contributed by atoms with Crippen LogP contribution in [0.1, 0.15) is 36.3 Å². The van der Waals surface area contributed by atoms with E-state index in [0.29, 0.717) is 18.9 Å². The molecule has 1 aromatic heterocycles. The number of aromatic nitrogens is 2. The molecule has 8 nitrogen and oxygen atoms in total. The van der Waals surface area contributed by atoms with E-state index < -0.39 is 10.0 Å². The Labute approximate surface area is 153 Å². The van der Waals surface area contributed by atoms with Gasteiger partial charge in [-0.15, -0.1) is 0 Å². The number of hydrogen-bond acceptors (Lipinski definition) is 6. The van der Waals surface area contributed by atoms with Crippen molar-refractivity contribution in [3.05, 3.63) is 47.8 Å². The average Bonchev–Trinajstić information content (AvgIpc) is 2.61. The molecule has 140 valence electrons. The van der Waals surface area contributed by atoms with Crippen LogP contribution in [0.15, 0.2) is 41.4 Å². The topological polar surface area (TPSA) is 127 Å². The van der Waals surface area contributed by atoms with Crippen LogP contribution in [0, 0.1) is 0 Å². The molecule has 0 aliphatic heterocycles. The molecule has 2 rings (SSSR count). The third-order valence-electron chi connectivity index (χ3n) is 3.83. The van der Waals surface area contributed by atoms with E-state index in [-0.39, 0.29) is 22.5 Å². The van der Waals surface area contributed by atoms with Crippen LogP contribution in [-0.2, 0) is 16.4 Å². The zero-order valence-electron chi connectivity index (χ0n) is 14.8. The number of hydrogen-bond donors (Lipinski definition) is 3. The summed E-state index contributed by atoms with van der Waals surface area (Å²) < 4.78 is 22.4. The molecule has 2 aromatic rings. The van der Waals surface area contributed by atoms with Crippen molar-refractivity contribution in [2.45, 2.75) is 37.6 Å². The summed E-state index contributed by atoms with van der Waals surface area (Å²) in [6.45, 7) is 4.45. The summed E-state index contributed by atoms with van der Waals surface area (Å²) in [5.74, 6) is 0.131. The lowest BCUT2D eigenvalue weighted by Crippen LogP contribution is -2.27. The number of amides is 1. The number of nitrogens with two attached hydrogens (primary N) is 1. The molecule has 1 atom stereocenters. The van der Waals surface area contributed by atoms with Crippen molar-refractivity contribution in [3.63, 3.8) is 0 Å². The number of rotatable bonds is 8. The lowest BCUT2D eigenvalue weighted by atomic mass is 10.1. The van der Waals surface area contributed by atoms with E-state index in [1.54, 1.807) is 24.4 Å². The maximum atomic E-state index is 12.2. The highest BCUT2D eigenvalue weighted by molar-refractivity contribution is 7.89. The number of benzene rings is 1. The molecule has 0 fully saturated rings. The summed E-state index contributed by atoms with van der Waals surface area (Å²) in [7, 11) is -3.69. The van der Waals surface area contributed by atoms with Crippen molar-refractivity contribution in [1.29, 1.82) is 0 Å². The Balaban J connectivity index is 1.90. The molecule has 1 amide bonds. The van der Waals surface area contributed by atoms with Gasteiger partial charge in [-0.05, 0) is 43.5 Å². The van der Waals surface area contributed by atoms with Crippen LogP contribution in [0.4, 0.5) is 5.95 Å². The Morgan fingerprint density at radius 1 is 1.23 bits per heavy atom. The number of carbonyl (C=O) groups is 1. The van der Waals surface area contributed by atoms with Crippen molar-refractivity contribution < 1.29 is 13.2 Å². The fourth-order valence-corrected chi connectivity index (χ4v) is 2.65. The van der Waals surface area contributed by atoms with Crippen LogP contribution >= 0.6 is 0 Å². The molecular formula is C17H23N5O3S. The van der Waals surface area contributed by atoms with E-state index in [1.165, 1.54) is 12.1 Å². The molecule has 0 bridgehead atoms. The maximum Gasteiger partial charge on any atom is 0.270 e. The Morgan fingerprint density at radius 3 is 2.54 bits per heavy atom. The quantitative estimate of drug-likeness (QED) is 0.636. The van der Waals surface area contributed by atoms with Gasteiger partial charge in [-0.3, -0.25) is 4.79 Å². The van der Waals surface area contributed by atoms with Gasteiger partial charge in [-0.1, -0.05) is 19.1 Å². The van der Waals surface area contributed by atoms with Crippen molar-refractivity contribution >= 4 is 21.9 Å². The molecule has 0 aliphatic carbocycles. The second kappa shape index (κ2) is 8.72. The minimum Gasteiger partial charge on any atom is -0.352 e. The Hall–Kier alpha value is -2.52. The molecule has 1 heterocycles. The van der Waals surface area contributed by atoms with Gasteiger partial charge in [0.1, 0.15) is 5.69 Å². The van der Waals surface area contributed by atoms with Crippen LogP contribution in [0.25, 0.3) is 0 Å². The molecule has 0 saturated carbocycles. The molecule has 0 spiro atoms. The standard InChI is InChI=1S/C17H23N5O3S/c1-3-12(2)21-17-20-11-9-15(22-17)16(23)19-10-8-13-4-6-14(7-5-13)26(18,24)25/h4-7,9,11-12H,3,8,10H2,1-2H3,(H,19,23)(H2,18,24,25)(H,20,21,22). The highest BCUT2D eigenvalue weighted by atomic mass is 32.2. The van der Waals surface area contributed by atoms with Crippen LogP contribution in [0.5, 0.6) is 0 Å². The number of sulfonamides is 1. The molecule has 4 N–H and O–H groups in total. The third-order valence-corrected chi connectivity index (χ3v) is 4.76. The first-order chi connectivity index (χ1) is 12.3. The van der Waals surface area contributed by atoms with Gasteiger partial charge in [0, 0.05) is 18.8 Å². The maximum absolute atomic E-state index is 12.2. The second-order valence-corrected chi connectivity index (χ2v) is 7.48. The zero-order valence-corrected chi connectivity index (χ0v) is 15.6. The fourth-order valence-electron chi connectivity index (χ4n) is 2.13. The minimum absolute atomic E-state index is 0.0626. The van der Waals surface area contributed by atoms with E-state index in [4.69, 9.17) is 5.14 Å². The predicted octanol–water partition coefficient (Wildman–Crippen LogP) is 1.31. The first kappa shape index (κ1) is 19.8. The Kier molecular flexibility index (Phi) is 6.64. The van der Waals surface area contributed by atoms with E-state index >= 15 is 0 Å². The van der Waals surface area contributed by atoms with Crippen LogP contribution in [0.2, 0.25) is 0 Å². The van der Waals surface area contributed by atoms with Gasteiger partial charge < -0.3 is 10.6 Å². The van der Waals surface area contributed by atoms with Gasteiger partial charge in [-0.25, -0.2) is 23.5 Å². The smallest absolute Gasteiger partial charge is 0.270 e. The summed E-state index contributed by atoms with van der Waals surface area (Å²) >= 11 is 0. The van der Waals surface area contributed by atoms with Crippen LogP contribution in [-0.4, -0.2) is 36.9 Å². The van der Waals surface area contributed by atoms with Gasteiger partial charge in [0.2, 0.25) is 16.0 Å². The van der Waals surface area contributed by atoms with Crippen molar-refractivity contribution in [3.8, 4) is 0 Å². The predicted molar refractivity (Wildman–Crippen MR) is 99.3 cm³/mol. The van der Waals surface area contributed by atoms with Crippen molar-refractivity contribution in [2.24, 2.45) is 5.14 Å². The van der Waals surface area contributed by atoms with Crippen LogP contribution < -0.4 is 15.8 Å². The van der Waals surface area contributed by atoms with E-state index in [9.17, 15) is 13.2 Å². The molecule has 0 saturated heterocycles. The first-order valence-electron chi connectivity index (χ1n) is 8.29. The summed E-state index contributed by atoms with van der Waals surface area (Å²) in [6, 6.07) is 8.01. The summed E-state index contributed by atoms with van der Waals surface area (Å²) in [6.07, 6.45) is 3.02. The van der Waals surface area contributed by atoms with E-state index in [2.05, 4.69) is 20.6 Å². The molecule has 0 radical (unpaired) electrons. The lowest BCUT2D eigenvalue weighted by Gasteiger charge is -2.11. The first-order valence-corrected chi connectivity index (χ1v) is 9.83. The van der Waals surface area contributed by atoms with Crippen LogP contribution in [0.3, 0.4) is 0 Å². The molecule has 26 heavy (non-hydrogen) atoms. The molecule has 0 aliphatic rings. The van der Waals surface area contributed by atoms with E-state index in [1.807, 2.05) is 13.8 Å². The summed E-state index contributed by atoms with van der Waals surface area (Å²) in [5, 5.41) is 11.0. The molecule has 1 aromatic carbocycles. The minimum atomic E-state index is -3.69. The van der Waals surface area contributed by atoms with Gasteiger partial charge in [-0.2, -0.15) is 0 Å². The highest BCUT2D eigenvalue weighted by Crippen LogP contribution is 2.09. The van der Waals surface area contributed by atoms with Gasteiger partial charge in [0.15, 0.2) is 0 Å². The van der Waals surface area contributed by atoms with E-state index in [0.717, 1.165) is 12.0 Å². The Morgan fingerprint density at radius 2 is 1.92 bits per heavy atom. The number of nitrogens with zero attached hydrogens (tertiary/aromatic N) is 2. The van der Waals surface area contributed by atoms with Gasteiger partial charge in [0.05, 0.1) is 4.90 Å². The number of nitrogens with one attached hydrogen (secondary N) is 2. The third kappa shape index (κ3) is 5.78. The average molecular weight is 377 g/mol. The molecular weight excluding hydrogens is 354 g/mol. The van der Waals surface area contributed by atoms with Crippen molar-refractivity contribution in [1.82, 2.24) is 15.3 Å². The normalized spacial score (nSPS) is 12.4.